The van der Waals surface area contributed by atoms with E-state index in [0.29, 0.717) is 22.9 Å². The second-order valence-electron chi connectivity index (χ2n) is 6.04. The minimum atomic E-state index is -0.719. The number of nitrogens with one attached hydrogen (secondary N) is 1. The van der Waals surface area contributed by atoms with Crippen LogP contribution in [0.3, 0.4) is 0 Å². The van der Waals surface area contributed by atoms with E-state index >= 15 is 0 Å². The van der Waals surface area contributed by atoms with E-state index in [1.165, 1.54) is 0 Å². The average molecular weight is 361 g/mol. The molecule has 5 nitrogen and oxygen atoms in total. The van der Waals surface area contributed by atoms with E-state index in [2.05, 4.69) is 5.32 Å². The number of amides is 2. The van der Waals surface area contributed by atoms with E-state index < -0.39 is 11.9 Å². The first-order valence-corrected chi connectivity index (χ1v) is 8.32. The van der Waals surface area contributed by atoms with Gasteiger partial charge < -0.3 is 15.8 Å². The SMILES string of the molecule is CC(C)C(NC(=O)c1cccc(OCc2cccc(Cl)c2)c1)C(N)=O. The predicted octanol–water partition coefficient (Wildman–Crippen LogP) is 3.16. The second kappa shape index (κ2) is 8.53. The molecule has 1 atom stereocenters. The Kier molecular flexibility index (Phi) is 6.42. The van der Waals surface area contributed by atoms with Gasteiger partial charge in [-0.15, -0.1) is 0 Å². The highest BCUT2D eigenvalue weighted by Gasteiger charge is 2.22. The summed E-state index contributed by atoms with van der Waals surface area (Å²) in [5.74, 6) is -0.473. The molecule has 0 saturated carbocycles. The number of carbonyl (C=O) groups excluding carboxylic acids is 2. The largest absolute Gasteiger partial charge is 0.489 e. The summed E-state index contributed by atoms with van der Waals surface area (Å²) < 4.78 is 5.71. The monoisotopic (exact) mass is 360 g/mol. The predicted molar refractivity (Wildman–Crippen MR) is 97.5 cm³/mol. The minimum Gasteiger partial charge on any atom is -0.489 e. The van der Waals surface area contributed by atoms with Crippen LogP contribution in [0, 0.1) is 5.92 Å². The van der Waals surface area contributed by atoms with E-state index in [1.54, 1.807) is 30.3 Å². The molecule has 132 valence electrons. The number of hydrogen-bond donors (Lipinski definition) is 2. The maximum absolute atomic E-state index is 12.3. The molecule has 2 rings (SSSR count). The molecule has 0 bridgehead atoms. The molecule has 0 aliphatic rings. The molecular weight excluding hydrogens is 340 g/mol. The van der Waals surface area contributed by atoms with Crippen molar-refractivity contribution in [1.29, 1.82) is 0 Å². The van der Waals surface area contributed by atoms with Crippen molar-refractivity contribution in [1.82, 2.24) is 5.32 Å². The maximum Gasteiger partial charge on any atom is 0.252 e. The van der Waals surface area contributed by atoms with Gasteiger partial charge in [0, 0.05) is 10.6 Å². The van der Waals surface area contributed by atoms with Gasteiger partial charge in [-0.2, -0.15) is 0 Å². The third kappa shape index (κ3) is 5.50. The lowest BCUT2D eigenvalue weighted by molar-refractivity contribution is -0.120. The molecule has 2 aromatic rings. The molecule has 0 aliphatic carbocycles. The van der Waals surface area contributed by atoms with E-state index in [0.717, 1.165) is 5.56 Å². The van der Waals surface area contributed by atoms with Crippen molar-refractivity contribution in [2.75, 3.05) is 0 Å². The zero-order valence-electron chi connectivity index (χ0n) is 14.2. The van der Waals surface area contributed by atoms with Gasteiger partial charge in [0.2, 0.25) is 5.91 Å². The van der Waals surface area contributed by atoms with Gasteiger partial charge in [0.25, 0.3) is 5.91 Å². The lowest BCUT2D eigenvalue weighted by atomic mass is 10.0. The Morgan fingerprint density at radius 1 is 1.16 bits per heavy atom. The van der Waals surface area contributed by atoms with Crippen molar-refractivity contribution in [3.05, 3.63) is 64.7 Å². The summed E-state index contributed by atoms with van der Waals surface area (Å²) in [6.07, 6.45) is 0. The topological polar surface area (TPSA) is 81.4 Å². The summed E-state index contributed by atoms with van der Waals surface area (Å²) >= 11 is 5.95. The third-order valence-electron chi connectivity index (χ3n) is 3.65. The standard InChI is InChI=1S/C19H21ClN2O3/c1-12(2)17(18(21)23)22-19(24)14-6-4-8-16(10-14)25-11-13-5-3-7-15(20)9-13/h3-10,12,17H,11H2,1-2H3,(H2,21,23)(H,22,24). The normalized spacial score (nSPS) is 11.8. The fourth-order valence-corrected chi connectivity index (χ4v) is 2.52. The van der Waals surface area contributed by atoms with Crippen LogP contribution < -0.4 is 15.8 Å². The molecule has 3 N–H and O–H groups in total. The zero-order valence-corrected chi connectivity index (χ0v) is 14.9. The molecule has 25 heavy (non-hydrogen) atoms. The van der Waals surface area contributed by atoms with Crippen molar-refractivity contribution in [3.63, 3.8) is 0 Å². The molecule has 2 aromatic carbocycles. The molecular formula is C19H21ClN2O3. The Morgan fingerprint density at radius 2 is 1.88 bits per heavy atom. The van der Waals surface area contributed by atoms with Gasteiger partial charge in [-0.25, -0.2) is 0 Å². The quantitative estimate of drug-likeness (QED) is 0.795. The fourth-order valence-electron chi connectivity index (χ4n) is 2.31. The Labute approximate surface area is 152 Å². The molecule has 0 heterocycles. The van der Waals surface area contributed by atoms with Gasteiger partial charge in [-0.3, -0.25) is 9.59 Å². The number of ether oxygens (including phenoxy) is 1. The Balaban J connectivity index is 2.05. The molecule has 0 spiro atoms. The van der Waals surface area contributed by atoms with E-state index in [-0.39, 0.29) is 11.8 Å². The fraction of sp³-hybridized carbons (Fsp3) is 0.263. The Hall–Kier alpha value is -2.53. The first-order valence-electron chi connectivity index (χ1n) is 7.94. The summed E-state index contributed by atoms with van der Waals surface area (Å²) in [6.45, 7) is 3.97. The van der Waals surface area contributed by atoms with Crippen molar-refractivity contribution in [3.8, 4) is 5.75 Å². The number of primary amides is 1. The summed E-state index contributed by atoms with van der Waals surface area (Å²) in [5, 5.41) is 3.29. The molecule has 0 radical (unpaired) electrons. The van der Waals surface area contributed by atoms with Crippen LogP contribution in [0.15, 0.2) is 48.5 Å². The van der Waals surface area contributed by atoms with E-state index in [1.807, 2.05) is 32.0 Å². The van der Waals surface area contributed by atoms with E-state index in [4.69, 9.17) is 22.1 Å². The zero-order chi connectivity index (χ0) is 18.4. The third-order valence-corrected chi connectivity index (χ3v) is 3.89. The first-order chi connectivity index (χ1) is 11.9. The molecule has 0 fully saturated rings. The van der Waals surface area contributed by atoms with Crippen LogP contribution in [0.1, 0.15) is 29.8 Å². The first kappa shape index (κ1) is 18.8. The van der Waals surface area contributed by atoms with Crippen LogP contribution in [0.25, 0.3) is 0 Å². The highest BCUT2D eigenvalue weighted by Crippen LogP contribution is 2.17. The van der Waals surface area contributed by atoms with Gasteiger partial charge in [-0.05, 0) is 41.8 Å². The smallest absolute Gasteiger partial charge is 0.252 e. The van der Waals surface area contributed by atoms with Crippen molar-refractivity contribution < 1.29 is 14.3 Å². The van der Waals surface area contributed by atoms with Crippen LogP contribution in [0.5, 0.6) is 5.75 Å². The number of hydrogen-bond acceptors (Lipinski definition) is 3. The number of rotatable bonds is 7. The number of carbonyl (C=O) groups is 2. The lowest BCUT2D eigenvalue weighted by Crippen LogP contribution is -2.47. The van der Waals surface area contributed by atoms with Gasteiger partial charge in [0.05, 0.1) is 0 Å². The van der Waals surface area contributed by atoms with Gasteiger partial charge in [0.15, 0.2) is 0 Å². The number of halogens is 1. The average Bonchev–Trinajstić information content (AvgIpc) is 2.57. The second-order valence-corrected chi connectivity index (χ2v) is 6.48. The molecule has 0 aliphatic heterocycles. The number of nitrogens with two attached hydrogens (primary N) is 1. The van der Waals surface area contributed by atoms with Crippen LogP contribution in [0.2, 0.25) is 5.02 Å². The van der Waals surface area contributed by atoms with Crippen LogP contribution >= 0.6 is 11.6 Å². The molecule has 1 unspecified atom stereocenters. The summed E-state index contributed by atoms with van der Waals surface area (Å²) in [7, 11) is 0. The Bertz CT molecular complexity index is 762. The lowest BCUT2D eigenvalue weighted by Gasteiger charge is -2.19. The summed E-state index contributed by atoms with van der Waals surface area (Å²) in [6, 6.07) is 13.4. The van der Waals surface area contributed by atoms with Crippen LogP contribution in [-0.2, 0) is 11.4 Å². The molecule has 0 aromatic heterocycles. The molecule has 6 heteroatoms. The van der Waals surface area contributed by atoms with Crippen LogP contribution in [0.4, 0.5) is 0 Å². The maximum atomic E-state index is 12.3. The minimum absolute atomic E-state index is 0.0938. The van der Waals surface area contributed by atoms with Gasteiger partial charge >= 0.3 is 0 Å². The van der Waals surface area contributed by atoms with Crippen LogP contribution in [-0.4, -0.2) is 17.9 Å². The molecule has 2 amide bonds. The van der Waals surface area contributed by atoms with Crippen molar-refractivity contribution in [2.24, 2.45) is 11.7 Å². The van der Waals surface area contributed by atoms with Crippen molar-refractivity contribution >= 4 is 23.4 Å². The van der Waals surface area contributed by atoms with Gasteiger partial charge in [0.1, 0.15) is 18.4 Å². The Morgan fingerprint density at radius 3 is 2.52 bits per heavy atom. The summed E-state index contributed by atoms with van der Waals surface area (Å²) in [5.41, 5.74) is 6.65. The van der Waals surface area contributed by atoms with Gasteiger partial charge in [-0.1, -0.05) is 43.6 Å². The highest BCUT2D eigenvalue weighted by atomic mass is 35.5. The summed E-state index contributed by atoms with van der Waals surface area (Å²) in [4.78, 5) is 23.8. The highest BCUT2D eigenvalue weighted by molar-refractivity contribution is 6.30. The molecule has 0 saturated heterocycles. The number of benzene rings is 2. The van der Waals surface area contributed by atoms with Crippen molar-refractivity contribution in [2.45, 2.75) is 26.5 Å². The van der Waals surface area contributed by atoms with E-state index in [9.17, 15) is 9.59 Å².